The Morgan fingerprint density at radius 1 is 0.868 bits per heavy atom. The average Bonchev–Trinajstić information content (AvgIpc) is 2.76. The molecule has 0 aromatic carbocycles. The first kappa shape index (κ1) is 31.3. The van der Waals surface area contributed by atoms with Crippen molar-refractivity contribution in [3.8, 4) is 5.75 Å². The van der Waals surface area contributed by atoms with Gasteiger partial charge in [0.25, 0.3) is 0 Å². The largest absolute Gasteiger partial charge is 0.490 e. The fourth-order valence-corrected chi connectivity index (χ4v) is 5.62. The van der Waals surface area contributed by atoms with Gasteiger partial charge in [-0.1, -0.05) is 13.8 Å². The molecule has 0 atom stereocenters. The maximum atomic E-state index is 6.41. The molecule has 0 radical (unpaired) electrons. The summed E-state index contributed by atoms with van der Waals surface area (Å²) in [7, 11) is 0. The van der Waals surface area contributed by atoms with Gasteiger partial charge in [-0.25, -0.2) is 0 Å². The van der Waals surface area contributed by atoms with Gasteiger partial charge in [0.2, 0.25) is 0 Å². The highest BCUT2D eigenvalue weighted by atomic mass is 16.5. The summed E-state index contributed by atoms with van der Waals surface area (Å²) >= 11 is 0. The zero-order valence-corrected chi connectivity index (χ0v) is 26.2. The van der Waals surface area contributed by atoms with Crippen LogP contribution >= 0.6 is 0 Å². The normalized spacial score (nSPS) is 22.4. The van der Waals surface area contributed by atoms with Crippen molar-refractivity contribution in [2.45, 2.75) is 148 Å². The van der Waals surface area contributed by atoms with E-state index >= 15 is 0 Å². The van der Waals surface area contributed by atoms with Gasteiger partial charge in [-0.3, -0.25) is 4.98 Å². The molecule has 2 aliphatic rings. The van der Waals surface area contributed by atoms with Crippen molar-refractivity contribution in [3.63, 3.8) is 0 Å². The number of aromatic nitrogens is 1. The first-order valence-corrected chi connectivity index (χ1v) is 15.0. The lowest BCUT2D eigenvalue weighted by molar-refractivity contribution is -0.0378. The van der Waals surface area contributed by atoms with Crippen LogP contribution < -0.4 is 15.4 Å². The van der Waals surface area contributed by atoms with Crippen molar-refractivity contribution in [1.29, 1.82) is 0 Å². The zero-order chi connectivity index (χ0) is 28.2. The van der Waals surface area contributed by atoms with Gasteiger partial charge < -0.3 is 25.0 Å². The Morgan fingerprint density at radius 3 is 2.08 bits per heavy atom. The smallest absolute Gasteiger partial charge is 0.123 e. The molecule has 0 spiro atoms. The van der Waals surface area contributed by atoms with Crippen LogP contribution in [-0.4, -0.2) is 71.0 Å². The summed E-state index contributed by atoms with van der Waals surface area (Å²) in [6.45, 7) is 26.6. The molecule has 2 fully saturated rings. The quantitative estimate of drug-likeness (QED) is 0.341. The Hall–Kier alpha value is -1.21. The molecule has 3 rings (SSSR count). The van der Waals surface area contributed by atoms with Gasteiger partial charge in [0.1, 0.15) is 11.9 Å². The van der Waals surface area contributed by atoms with Crippen molar-refractivity contribution < 1.29 is 9.47 Å². The second-order valence-corrected chi connectivity index (χ2v) is 15.2. The van der Waals surface area contributed by atoms with Crippen molar-refractivity contribution in [3.05, 3.63) is 24.0 Å². The molecule has 6 nitrogen and oxygen atoms in total. The SMILES string of the molecule is CC(C)(C)NC1CCN(CCOC(C)(C)CCC(C)(C)c2cc(O[C@H]3C[C@@H](NC(C)(C)C)C3)ccn2)CC1. The monoisotopic (exact) mass is 530 g/mol. The van der Waals surface area contributed by atoms with Crippen molar-refractivity contribution in [2.24, 2.45) is 0 Å². The van der Waals surface area contributed by atoms with Crippen LogP contribution in [0.2, 0.25) is 0 Å². The minimum atomic E-state index is -0.154. The molecule has 218 valence electrons. The molecular formula is C32H58N4O2. The Bertz CT molecular complexity index is 857. The number of hydrogen-bond acceptors (Lipinski definition) is 6. The van der Waals surface area contributed by atoms with Crippen LogP contribution in [-0.2, 0) is 10.2 Å². The highest BCUT2D eigenvalue weighted by Gasteiger charge is 2.34. The van der Waals surface area contributed by atoms with Gasteiger partial charge in [0.15, 0.2) is 0 Å². The van der Waals surface area contributed by atoms with Crippen molar-refractivity contribution >= 4 is 0 Å². The molecule has 0 bridgehead atoms. The van der Waals surface area contributed by atoms with Crippen LogP contribution in [0.1, 0.15) is 113 Å². The number of rotatable bonds is 12. The number of likely N-dealkylation sites (tertiary alicyclic amines) is 1. The molecule has 1 aliphatic carbocycles. The third kappa shape index (κ3) is 10.7. The summed E-state index contributed by atoms with van der Waals surface area (Å²) in [5.41, 5.74) is 1.25. The molecule has 0 unspecified atom stereocenters. The lowest BCUT2D eigenvalue weighted by atomic mass is 9.81. The summed E-state index contributed by atoms with van der Waals surface area (Å²) in [4.78, 5) is 7.29. The molecule has 38 heavy (non-hydrogen) atoms. The fourth-order valence-electron chi connectivity index (χ4n) is 5.62. The van der Waals surface area contributed by atoms with Crippen LogP contribution in [0.15, 0.2) is 18.3 Å². The molecule has 1 aromatic heterocycles. The molecule has 0 amide bonds. The minimum absolute atomic E-state index is 0.0438. The predicted octanol–water partition coefficient (Wildman–Crippen LogP) is 6.09. The highest BCUT2D eigenvalue weighted by Crippen LogP contribution is 2.34. The van der Waals surface area contributed by atoms with E-state index < -0.39 is 0 Å². The van der Waals surface area contributed by atoms with Crippen molar-refractivity contribution in [2.75, 3.05) is 26.2 Å². The summed E-state index contributed by atoms with van der Waals surface area (Å²) in [5, 5.41) is 7.43. The first-order valence-electron chi connectivity index (χ1n) is 15.0. The second-order valence-electron chi connectivity index (χ2n) is 15.2. The molecule has 1 aromatic rings. The molecule has 2 heterocycles. The standard InChI is InChI=1S/C32H58N4O2/c1-29(2,3)34-24-12-17-36(18-13-24)19-20-37-32(9,10)15-14-31(7,8)28-23-26(11-16-33-28)38-27-21-25(22-27)35-30(4,5)6/h11,16,23-25,27,34-35H,12-15,17-22H2,1-10H3/t25-,27+. The topological polar surface area (TPSA) is 58.7 Å². The van der Waals surface area contributed by atoms with E-state index in [2.05, 4.69) is 90.8 Å². The predicted molar refractivity (Wildman–Crippen MR) is 159 cm³/mol. The van der Waals surface area contributed by atoms with E-state index in [0.29, 0.717) is 18.2 Å². The third-order valence-corrected chi connectivity index (χ3v) is 7.94. The highest BCUT2D eigenvalue weighted by molar-refractivity contribution is 5.27. The Kier molecular flexibility index (Phi) is 10.3. The van der Waals surface area contributed by atoms with E-state index in [4.69, 9.17) is 14.5 Å². The summed E-state index contributed by atoms with van der Waals surface area (Å²) < 4.78 is 12.7. The van der Waals surface area contributed by atoms with Gasteiger partial charge in [-0.05, 0) is 113 Å². The Labute approximate surface area is 234 Å². The van der Waals surface area contributed by atoms with Gasteiger partial charge >= 0.3 is 0 Å². The third-order valence-electron chi connectivity index (χ3n) is 7.94. The first-order chi connectivity index (χ1) is 17.5. The Morgan fingerprint density at radius 2 is 1.47 bits per heavy atom. The zero-order valence-electron chi connectivity index (χ0n) is 26.2. The van der Waals surface area contributed by atoms with Crippen LogP contribution in [0, 0.1) is 0 Å². The van der Waals surface area contributed by atoms with Gasteiger partial charge in [-0.15, -0.1) is 0 Å². The van der Waals surface area contributed by atoms with Crippen LogP contribution in [0.4, 0.5) is 0 Å². The Balaban J connectivity index is 1.39. The van der Waals surface area contributed by atoms with Crippen LogP contribution in [0.5, 0.6) is 5.75 Å². The van der Waals surface area contributed by atoms with E-state index in [1.807, 2.05) is 12.3 Å². The number of nitrogens with one attached hydrogen (secondary N) is 2. The van der Waals surface area contributed by atoms with E-state index in [-0.39, 0.29) is 22.1 Å². The second kappa shape index (κ2) is 12.5. The molecule has 1 saturated carbocycles. The number of nitrogens with zero attached hydrogens (tertiary/aromatic N) is 2. The molecule has 1 saturated heterocycles. The fraction of sp³-hybridized carbons (Fsp3) is 0.844. The van der Waals surface area contributed by atoms with Crippen LogP contribution in [0.25, 0.3) is 0 Å². The molecule has 2 N–H and O–H groups in total. The minimum Gasteiger partial charge on any atom is -0.490 e. The maximum absolute atomic E-state index is 6.41. The maximum Gasteiger partial charge on any atom is 0.123 e. The summed E-state index contributed by atoms with van der Waals surface area (Å²) in [5.74, 6) is 0.944. The van der Waals surface area contributed by atoms with Crippen LogP contribution in [0.3, 0.4) is 0 Å². The van der Waals surface area contributed by atoms with Crippen molar-refractivity contribution in [1.82, 2.24) is 20.5 Å². The van der Waals surface area contributed by atoms with E-state index in [1.165, 1.54) is 12.8 Å². The molecular weight excluding hydrogens is 472 g/mol. The summed E-state index contributed by atoms with van der Waals surface area (Å²) in [6, 6.07) is 5.34. The molecule has 1 aliphatic heterocycles. The number of hydrogen-bond donors (Lipinski definition) is 2. The number of pyridine rings is 1. The van der Waals surface area contributed by atoms with E-state index in [1.54, 1.807) is 0 Å². The summed E-state index contributed by atoms with van der Waals surface area (Å²) in [6.07, 6.45) is 8.78. The van der Waals surface area contributed by atoms with E-state index in [0.717, 1.165) is 63.4 Å². The number of ether oxygens (including phenoxy) is 2. The van der Waals surface area contributed by atoms with Gasteiger partial charge in [0.05, 0.1) is 12.2 Å². The van der Waals surface area contributed by atoms with Gasteiger partial charge in [-0.2, -0.15) is 0 Å². The van der Waals surface area contributed by atoms with Gasteiger partial charge in [0, 0.05) is 53.1 Å². The lowest BCUT2D eigenvalue weighted by Gasteiger charge is -2.40. The molecule has 6 heteroatoms. The lowest BCUT2D eigenvalue weighted by Crippen LogP contribution is -2.53. The number of piperidine rings is 1. The van der Waals surface area contributed by atoms with E-state index in [9.17, 15) is 0 Å². The average molecular weight is 531 g/mol.